The molecule has 0 saturated heterocycles. The Bertz CT molecular complexity index is 880. The van der Waals surface area contributed by atoms with Crippen molar-refractivity contribution >= 4 is 46.5 Å². The highest BCUT2D eigenvalue weighted by Crippen LogP contribution is 2.24. The Hall–Kier alpha value is -2.37. The first-order valence-corrected chi connectivity index (χ1v) is 9.03. The molecule has 1 amide bonds. The van der Waals surface area contributed by atoms with E-state index in [2.05, 4.69) is 5.32 Å². The minimum absolute atomic E-state index is 0.0253. The Morgan fingerprint density at radius 2 is 1.70 bits per heavy atom. The van der Waals surface area contributed by atoms with Gasteiger partial charge in [0.2, 0.25) is 0 Å². The van der Waals surface area contributed by atoms with E-state index in [0.717, 1.165) is 11.1 Å². The van der Waals surface area contributed by atoms with E-state index in [4.69, 9.17) is 27.9 Å². The normalized spacial score (nSPS) is 10.4. The summed E-state index contributed by atoms with van der Waals surface area (Å²) in [6.07, 6.45) is -0.0657. The molecule has 0 unspecified atom stereocenters. The summed E-state index contributed by atoms with van der Waals surface area (Å²) in [5, 5.41) is 3.22. The predicted octanol–water partition coefficient (Wildman–Crippen LogP) is 4.76. The predicted molar refractivity (Wildman–Crippen MR) is 106 cm³/mol. The third kappa shape index (κ3) is 6.38. The number of nitrogens with one attached hydrogen (secondary N) is 1. The van der Waals surface area contributed by atoms with E-state index in [9.17, 15) is 14.4 Å². The lowest BCUT2D eigenvalue weighted by molar-refractivity contribution is -0.147. The first-order valence-electron chi connectivity index (χ1n) is 8.27. The molecule has 0 aliphatic carbocycles. The van der Waals surface area contributed by atoms with E-state index in [0.29, 0.717) is 21.3 Å². The fraction of sp³-hybridized carbons (Fsp3) is 0.250. The maximum atomic E-state index is 12.3. The van der Waals surface area contributed by atoms with Crippen LogP contribution in [-0.2, 0) is 14.3 Å². The fourth-order valence-electron chi connectivity index (χ4n) is 2.38. The molecular formula is C20H19Cl2NO4. The van der Waals surface area contributed by atoms with Gasteiger partial charge in [0, 0.05) is 17.7 Å². The summed E-state index contributed by atoms with van der Waals surface area (Å²) in [6, 6.07) is 10.2. The first-order chi connectivity index (χ1) is 12.8. The Balaban J connectivity index is 1.78. The van der Waals surface area contributed by atoms with Gasteiger partial charge in [0.15, 0.2) is 12.4 Å². The Labute approximate surface area is 167 Å². The second-order valence-corrected chi connectivity index (χ2v) is 6.89. The van der Waals surface area contributed by atoms with Gasteiger partial charge in [0.25, 0.3) is 5.91 Å². The molecule has 0 bridgehead atoms. The van der Waals surface area contributed by atoms with E-state index >= 15 is 0 Å². The lowest BCUT2D eigenvalue weighted by atomic mass is 9.99. The minimum Gasteiger partial charge on any atom is -0.456 e. The zero-order chi connectivity index (χ0) is 20.0. The van der Waals surface area contributed by atoms with Crippen LogP contribution in [0.25, 0.3) is 0 Å². The summed E-state index contributed by atoms with van der Waals surface area (Å²) in [5.74, 6) is -1.26. The molecule has 0 atom stereocenters. The van der Waals surface area contributed by atoms with Crippen molar-refractivity contribution in [3.63, 3.8) is 0 Å². The zero-order valence-corrected chi connectivity index (χ0v) is 16.5. The van der Waals surface area contributed by atoms with Crippen molar-refractivity contribution in [3.8, 4) is 0 Å². The number of amides is 1. The number of Topliss-reactive ketones (excluding diaryl/α,β-unsaturated/α-hetero) is 1. The third-order valence-electron chi connectivity index (χ3n) is 3.82. The van der Waals surface area contributed by atoms with E-state index in [-0.39, 0.29) is 18.6 Å². The number of carbonyl (C=O) groups excluding carboxylic acids is 3. The fourth-order valence-corrected chi connectivity index (χ4v) is 2.67. The maximum Gasteiger partial charge on any atom is 0.306 e. The minimum atomic E-state index is -0.613. The van der Waals surface area contributed by atoms with E-state index in [1.54, 1.807) is 18.2 Å². The number of anilines is 1. The topological polar surface area (TPSA) is 72.5 Å². The summed E-state index contributed by atoms with van der Waals surface area (Å²) in [4.78, 5) is 35.9. The quantitative estimate of drug-likeness (QED) is 0.530. The molecule has 0 radical (unpaired) electrons. The molecule has 2 aromatic rings. The lowest BCUT2D eigenvalue weighted by Gasteiger charge is -2.08. The second kappa shape index (κ2) is 9.53. The third-order valence-corrected chi connectivity index (χ3v) is 4.56. The second-order valence-electron chi connectivity index (χ2n) is 6.08. The molecule has 0 fully saturated rings. The molecule has 0 heterocycles. The summed E-state index contributed by atoms with van der Waals surface area (Å²) < 4.78 is 4.91. The van der Waals surface area contributed by atoms with Crippen LogP contribution < -0.4 is 5.32 Å². The van der Waals surface area contributed by atoms with Crippen LogP contribution in [0.1, 0.15) is 34.3 Å². The van der Waals surface area contributed by atoms with Crippen molar-refractivity contribution in [3.05, 3.63) is 63.1 Å². The smallest absolute Gasteiger partial charge is 0.306 e. The van der Waals surface area contributed by atoms with Crippen LogP contribution in [0.5, 0.6) is 0 Å². The van der Waals surface area contributed by atoms with E-state index in [1.165, 1.54) is 6.07 Å². The monoisotopic (exact) mass is 407 g/mol. The number of rotatable bonds is 7. The summed E-state index contributed by atoms with van der Waals surface area (Å²) in [5.41, 5.74) is 2.88. The van der Waals surface area contributed by atoms with Crippen LogP contribution in [0.2, 0.25) is 10.0 Å². The Morgan fingerprint density at radius 1 is 0.963 bits per heavy atom. The molecule has 2 rings (SSSR count). The number of ketones is 1. The van der Waals surface area contributed by atoms with Gasteiger partial charge >= 0.3 is 5.97 Å². The molecule has 0 spiro atoms. The van der Waals surface area contributed by atoms with Crippen LogP contribution in [0.4, 0.5) is 5.69 Å². The van der Waals surface area contributed by atoms with Gasteiger partial charge < -0.3 is 10.1 Å². The van der Waals surface area contributed by atoms with Crippen LogP contribution in [0, 0.1) is 13.8 Å². The van der Waals surface area contributed by atoms with Crippen LogP contribution >= 0.6 is 23.2 Å². The molecule has 142 valence electrons. The molecule has 1 N–H and O–H groups in total. The largest absolute Gasteiger partial charge is 0.456 e. The van der Waals surface area contributed by atoms with Crippen molar-refractivity contribution in [1.82, 2.24) is 0 Å². The molecule has 0 aliphatic heterocycles. The highest BCUT2D eigenvalue weighted by molar-refractivity contribution is 6.42. The first kappa shape index (κ1) is 20.9. The van der Waals surface area contributed by atoms with Crippen molar-refractivity contribution in [1.29, 1.82) is 0 Å². The van der Waals surface area contributed by atoms with E-state index in [1.807, 2.05) is 26.0 Å². The van der Waals surface area contributed by atoms with Gasteiger partial charge in [-0.15, -0.1) is 0 Å². The zero-order valence-electron chi connectivity index (χ0n) is 15.0. The van der Waals surface area contributed by atoms with Crippen LogP contribution in [-0.4, -0.2) is 24.3 Å². The number of benzene rings is 2. The lowest BCUT2D eigenvalue weighted by Crippen LogP contribution is -2.21. The molecule has 0 saturated carbocycles. The van der Waals surface area contributed by atoms with Gasteiger partial charge in [-0.25, -0.2) is 0 Å². The average Bonchev–Trinajstić information content (AvgIpc) is 2.63. The number of ether oxygens (including phenoxy) is 1. The van der Waals surface area contributed by atoms with Gasteiger partial charge in [0.1, 0.15) is 0 Å². The van der Waals surface area contributed by atoms with Gasteiger partial charge in [-0.1, -0.05) is 40.9 Å². The van der Waals surface area contributed by atoms with Gasteiger partial charge in [-0.2, -0.15) is 0 Å². The molecule has 5 nitrogen and oxygen atoms in total. The number of halogens is 2. The van der Waals surface area contributed by atoms with Crippen LogP contribution in [0.3, 0.4) is 0 Å². The van der Waals surface area contributed by atoms with Crippen LogP contribution in [0.15, 0.2) is 36.4 Å². The molecular weight excluding hydrogens is 389 g/mol. The molecule has 7 heteroatoms. The van der Waals surface area contributed by atoms with Crippen molar-refractivity contribution < 1.29 is 19.1 Å². The Kier molecular flexibility index (Phi) is 7.39. The van der Waals surface area contributed by atoms with Crippen molar-refractivity contribution in [2.45, 2.75) is 26.7 Å². The van der Waals surface area contributed by atoms with Gasteiger partial charge in [-0.3, -0.25) is 14.4 Å². The SMILES string of the molecule is Cc1ccc(C)c(C(=O)CCC(=O)OCC(=O)Nc2ccc(Cl)c(Cl)c2)c1. The molecule has 2 aromatic carbocycles. The number of hydrogen-bond acceptors (Lipinski definition) is 4. The molecule has 0 aliphatic rings. The van der Waals surface area contributed by atoms with Crippen molar-refractivity contribution in [2.24, 2.45) is 0 Å². The summed E-state index contributed by atoms with van der Waals surface area (Å²) in [7, 11) is 0. The maximum absolute atomic E-state index is 12.3. The summed E-state index contributed by atoms with van der Waals surface area (Å²) in [6.45, 7) is 3.30. The molecule has 0 aromatic heterocycles. The number of aryl methyl sites for hydroxylation is 2. The number of carbonyl (C=O) groups is 3. The number of hydrogen-bond donors (Lipinski definition) is 1. The highest BCUT2D eigenvalue weighted by atomic mass is 35.5. The molecule has 27 heavy (non-hydrogen) atoms. The van der Waals surface area contributed by atoms with Crippen molar-refractivity contribution in [2.75, 3.05) is 11.9 Å². The van der Waals surface area contributed by atoms with Gasteiger partial charge in [-0.05, 0) is 43.7 Å². The summed E-state index contributed by atoms with van der Waals surface area (Å²) >= 11 is 11.7. The average molecular weight is 408 g/mol. The highest BCUT2D eigenvalue weighted by Gasteiger charge is 2.14. The Morgan fingerprint density at radius 3 is 2.41 bits per heavy atom. The van der Waals surface area contributed by atoms with Gasteiger partial charge in [0.05, 0.1) is 16.5 Å². The standard InChI is InChI=1S/C20H19Cl2NO4/c1-12-3-4-13(2)15(9-12)18(24)7-8-20(26)27-11-19(25)23-14-5-6-16(21)17(22)10-14/h3-6,9-10H,7-8,11H2,1-2H3,(H,23,25). The number of esters is 1. The van der Waals surface area contributed by atoms with E-state index < -0.39 is 18.5 Å².